The Hall–Kier alpha value is -1.87. The largest absolute Gasteiger partial charge is 0.320 e. The van der Waals surface area contributed by atoms with Crippen molar-refractivity contribution in [2.24, 2.45) is 12.8 Å². The number of nitrogens with two attached hydrogens (primary N) is 1. The zero-order chi connectivity index (χ0) is 16.7. The summed E-state index contributed by atoms with van der Waals surface area (Å²) in [7, 11) is 1.82. The second-order valence-electron chi connectivity index (χ2n) is 7.11. The minimum Gasteiger partial charge on any atom is -0.320 e. The Kier molecular flexibility index (Phi) is 4.30. The van der Waals surface area contributed by atoms with Gasteiger partial charge in [-0.25, -0.2) is 0 Å². The average Bonchev–Trinajstić information content (AvgIpc) is 2.42. The molecule has 0 radical (unpaired) electrons. The van der Waals surface area contributed by atoms with E-state index in [-0.39, 0.29) is 11.0 Å². The van der Waals surface area contributed by atoms with Gasteiger partial charge in [-0.15, -0.1) is 0 Å². The normalized spacial score (nSPS) is 13.2. The van der Waals surface area contributed by atoms with Gasteiger partial charge < -0.3 is 10.3 Å². The van der Waals surface area contributed by atoms with Crippen LogP contribution in [0.2, 0.25) is 0 Å². The Bertz CT molecular complexity index is 751. The smallest absolute Gasteiger partial charge is 0.255 e. The summed E-state index contributed by atoms with van der Waals surface area (Å²) in [4.78, 5) is 12.7. The fourth-order valence-corrected chi connectivity index (χ4v) is 2.78. The van der Waals surface area contributed by atoms with Gasteiger partial charge in [0, 0.05) is 23.7 Å². The van der Waals surface area contributed by atoms with E-state index in [0.29, 0.717) is 5.56 Å². The van der Waals surface area contributed by atoms with Crippen molar-refractivity contribution in [3.63, 3.8) is 0 Å². The summed E-state index contributed by atoms with van der Waals surface area (Å²) in [5.74, 6) is 0. The van der Waals surface area contributed by atoms with Crippen LogP contribution in [-0.2, 0) is 12.5 Å². The van der Waals surface area contributed by atoms with Gasteiger partial charge in [-0.1, -0.05) is 39.0 Å². The van der Waals surface area contributed by atoms with E-state index in [1.54, 1.807) is 4.57 Å². The van der Waals surface area contributed by atoms with Crippen LogP contribution in [0, 0.1) is 13.8 Å². The second kappa shape index (κ2) is 5.73. The van der Waals surface area contributed by atoms with Crippen molar-refractivity contribution in [2.75, 3.05) is 0 Å². The molecule has 1 heterocycles. The summed E-state index contributed by atoms with van der Waals surface area (Å²) in [5.41, 5.74) is 11.3. The molecule has 2 rings (SSSR count). The molecule has 2 aromatic rings. The topological polar surface area (TPSA) is 48.0 Å². The van der Waals surface area contributed by atoms with E-state index in [2.05, 4.69) is 46.8 Å². The quantitative estimate of drug-likeness (QED) is 0.924. The molecule has 0 aliphatic rings. The highest BCUT2D eigenvalue weighted by Crippen LogP contribution is 2.24. The van der Waals surface area contributed by atoms with Crippen molar-refractivity contribution < 1.29 is 0 Å². The van der Waals surface area contributed by atoms with E-state index >= 15 is 0 Å². The third kappa shape index (κ3) is 3.00. The Morgan fingerprint density at radius 1 is 1.05 bits per heavy atom. The standard InChI is InChI=1S/C19H26N2O/c1-12-7-8-14(11-13(12)2)17(20)15-9-10-16(19(3,4)5)21(6)18(15)22/h7-11,17H,20H2,1-6H3. The number of hydrogen-bond donors (Lipinski definition) is 1. The molecule has 1 atom stereocenters. The zero-order valence-electron chi connectivity index (χ0n) is 14.4. The van der Waals surface area contributed by atoms with E-state index in [1.165, 1.54) is 11.1 Å². The number of hydrogen-bond acceptors (Lipinski definition) is 2. The number of pyridine rings is 1. The number of aromatic nitrogens is 1. The molecular formula is C19H26N2O. The minimum absolute atomic E-state index is 0.0156. The van der Waals surface area contributed by atoms with Gasteiger partial charge >= 0.3 is 0 Å². The van der Waals surface area contributed by atoms with Crippen LogP contribution in [-0.4, -0.2) is 4.57 Å². The highest BCUT2D eigenvalue weighted by molar-refractivity contribution is 5.37. The number of aryl methyl sites for hydroxylation is 2. The Labute approximate surface area is 132 Å². The molecule has 0 saturated heterocycles. The van der Waals surface area contributed by atoms with Gasteiger partial charge in [0.1, 0.15) is 0 Å². The monoisotopic (exact) mass is 298 g/mol. The van der Waals surface area contributed by atoms with Crippen LogP contribution in [0.1, 0.15) is 54.8 Å². The minimum atomic E-state index is -0.396. The first-order valence-corrected chi connectivity index (χ1v) is 7.66. The molecule has 22 heavy (non-hydrogen) atoms. The van der Waals surface area contributed by atoms with Crippen LogP contribution < -0.4 is 11.3 Å². The molecule has 1 unspecified atom stereocenters. The molecule has 0 saturated carbocycles. The first kappa shape index (κ1) is 16.5. The fourth-order valence-electron chi connectivity index (χ4n) is 2.78. The van der Waals surface area contributed by atoms with Crippen LogP contribution in [0.4, 0.5) is 0 Å². The van der Waals surface area contributed by atoms with Gasteiger partial charge in [0.15, 0.2) is 0 Å². The maximum Gasteiger partial charge on any atom is 0.255 e. The molecule has 1 aromatic heterocycles. The predicted octanol–water partition coefficient (Wildman–Crippen LogP) is 3.35. The summed E-state index contributed by atoms with van der Waals surface area (Å²) in [5, 5.41) is 0. The predicted molar refractivity (Wildman–Crippen MR) is 92.3 cm³/mol. The lowest BCUT2D eigenvalue weighted by Gasteiger charge is -2.24. The molecule has 118 valence electrons. The molecule has 0 bridgehead atoms. The lowest BCUT2D eigenvalue weighted by Crippen LogP contribution is -2.32. The molecule has 0 spiro atoms. The van der Waals surface area contributed by atoms with Crippen molar-refractivity contribution in [1.82, 2.24) is 4.57 Å². The summed E-state index contributed by atoms with van der Waals surface area (Å²) in [6, 6.07) is 9.62. The second-order valence-corrected chi connectivity index (χ2v) is 7.11. The Morgan fingerprint density at radius 3 is 2.23 bits per heavy atom. The third-order valence-electron chi connectivity index (χ3n) is 4.33. The van der Waals surface area contributed by atoms with Crippen LogP contribution in [0.3, 0.4) is 0 Å². The molecule has 0 aliphatic heterocycles. The fraction of sp³-hybridized carbons (Fsp3) is 0.421. The van der Waals surface area contributed by atoms with Crippen LogP contribution in [0.25, 0.3) is 0 Å². The molecule has 0 amide bonds. The van der Waals surface area contributed by atoms with E-state index in [4.69, 9.17) is 5.73 Å². The summed E-state index contributed by atoms with van der Waals surface area (Å²) >= 11 is 0. The summed E-state index contributed by atoms with van der Waals surface area (Å²) < 4.78 is 1.72. The molecule has 0 aliphatic carbocycles. The van der Waals surface area contributed by atoms with Gasteiger partial charge in [-0.2, -0.15) is 0 Å². The van der Waals surface area contributed by atoms with Crippen molar-refractivity contribution in [1.29, 1.82) is 0 Å². The third-order valence-corrected chi connectivity index (χ3v) is 4.33. The van der Waals surface area contributed by atoms with Crippen LogP contribution >= 0.6 is 0 Å². The first-order chi connectivity index (χ1) is 10.1. The average molecular weight is 298 g/mol. The lowest BCUT2D eigenvalue weighted by molar-refractivity contribution is 0.528. The van der Waals surface area contributed by atoms with E-state index in [9.17, 15) is 4.79 Å². The maximum absolute atomic E-state index is 12.7. The zero-order valence-corrected chi connectivity index (χ0v) is 14.4. The molecule has 1 aromatic carbocycles. The number of nitrogens with zero attached hydrogens (tertiary/aromatic N) is 1. The van der Waals surface area contributed by atoms with E-state index in [1.807, 2.05) is 25.2 Å². The lowest BCUT2D eigenvalue weighted by atomic mass is 9.90. The van der Waals surface area contributed by atoms with E-state index in [0.717, 1.165) is 11.3 Å². The first-order valence-electron chi connectivity index (χ1n) is 7.66. The number of rotatable bonds is 2. The molecule has 2 N–H and O–H groups in total. The van der Waals surface area contributed by atoms with Gasteiger partial charge in [0.2, 0.25) is 0 Å². The van der Waals surface area contributed by atoms with E-state index < -0.39 is 6.04 Å². The van der Waals surface area contributed by atoms with Crippen molar-refractivity contribution in [2.45, 2.75) is 46.1 Å². The van der Waals surface area contributed by atoms with Crippen molar-refractivity contribution >= 4 is 0 Å². The van der Waals surface area contributed by atoms with Crippen molar-refractivity contribution in [3.05, 3.63) is 68.6 Å². The van der Waals surface area contributed by atoms with Crippen LogP contribution in [0.15, 0.2) is 35.1 Å². The Morgan fingerprint density at radius 2 is 1.68 bits per heavy atom. The SMILES string of the molecule is Cc1ccc(C(N)c2ccc(C(C)(C)C)n(C)c2=O)cc1C. The van der Waals surface area contributed by atoms with Gasteiger partial charge in [-0.3, -0.25) is 4.79 Å². The molecule has 3 nitrogen and oxygen atoms in total. The Balaban J connectivity index is 2.51. The van der Waals surface area contributed by atoms with Crippen LogP contribution in [0.5, 0.6) is 0 Å². The summed E-state index contributed by atoms with van der Waals surface area (Å²) in [6.07, 6.45) is 0. The molecular weight excluding hydrogens is 272 g/mol. The van der Waals surface area contributed by atoms with Gasteiger partial charge in [-0.05, 0) is 42.7 Å². The van der Waals surface area contributed by atoms with Crippen molar-refractivity contribution in [3.8, 4) is 0 Å². The summed E-state index contributed by atoms with van der Waals surface area (Å²) in [6.45, 7) is 10.4. The maximum atomic E-state index is 12.7. The van der Waals surface area contributed by atoms with Gasteiger partial charge in [0.25, 0.3) is 5.56 Å². The highest BCUT2D eigenvalue weighted by atomic mass is 16.1. The highest BCUT2D eigenvalue weighted by Gasteiger charge is 2.21. The number of benzene rings is 1. The van der Waals surface area contributed by atoms with Gasteiger partial charge in [0.05, 0.1) is 6.04 Å². The molecule has 0 fully saturated rings. The molecule has 3 heteroatoms.